The van der Waals surface area contributed by atoms with Gasteiger partial charge in [0.1, 0.15) is 5.60 Å². The molecule has 7 nitrogen and oxygen atoms in total. The molecule has 0 saturated heterocycles. The predicted molar refractivity (Wildman–Crippen MR) is 119 cm³/mol. The standard InChI is InChI=1S/C24H28N4O3/c1-3-24(2,31)22(29)21-12-17(9-11-26-21)16-4-6-20(7-5-16)27-23(30)28-14-18-8-10-25-13-19(18)15-28/h4-10,13,21,26,31H,3,11-12,14-15H2,1-2H3,(H,27,30). The van der Waals surface area contributed by atoms with Crippen LogP contribution >= 0.6 is 0 Å². The number of fused-ring (bicyclic) bond motifs is 1. The van der Waals surface area contributed by atoms with Gasteiger partial charge in [0.25, 0.3) is 0 Å². The van der Waals surface area contributed by atoms with Crippen LogP contribution in [0.25, 0.3) is 5.57 Å². The molecule has 162 valence electrons. The molecule has 2 aromatic rings. The maximum atomic E-state index is 12.6. The Labute approximate surface area is 182 Å². The SMILES string of the molecule is CCC(C)(O)C(=O)C1CC(c2ccc(NC(=O)N3Cc4ccncc4C3)cc2)=CCN1. The number of rotatable bonds is 5. The molecule has 0 aliphatic carbocycles. The van der Waals surface area contributed by atoms with Gasteiger partial charge in [0.05, 0.1) is 6.04 Å². The molecule has 1 aromatic carbocycles. The van der Waals surface area contributed by atoms with Crippen LogP contribution in [0.15, 0.2) is 48.8 Å². The third-order valence-electron chi connectivity index (χ3n) is 6.19. The van der Waals surface area contributed by atoms with E-state index in [9.17, 15) is 14.7 Å². The highest BCUT2D eigenvalue weighted by atomic mass is 16.3. The van der Waals surface area contributed by atoms with Crippen LogP contribution in [0.4, 0.5) is 10.5 Å². The number of carbonyl (C=O) groups is 2. The number of nitrogens with one attached hydrogen (secondary N) is 2. The maximum absolute atomic E-state index is 12.6. The number of hydrogen-bond donors (Lipinski definition) is 3. The molecule has 2 unspecified atom stereocenters. The Morgan fingerprint density at radius 3 is 2.68 bits per heavy atom. The molecule has 0 radical (unpaired) electrons. The first-order valence-electron chi connectivity index (χ1n) is 10.6. The molecule has 0 fully saturated rings. The summed E-state index contributed by atoms with van der Waals surface area (Å²) in [5, 5.41) is 16.4. The first kappa shape index (κ1) is 21.2. The lowest BCUT2D eigenvalue weighted by atomic mass is 9.86. The van der Waals surface area contributed by atoms with Crippen molar-refractivity contribution < 1.29 is 14.7 Å². The predicted octanol–water partition coefficient (Wildman–Crippen LogP) is 3.10. The van der Waals surface area contributed by atoms with Crippen LogP contribution in [0, 0.1) is 0 Å². The Bertz CT molecular complexity index is 989. The van der Waals surface area contributed by atoms with Gasteiger partial charge in [-0.1, -0.05) is 25.1 Å². The highest BCUT2D eigenvalue weighted by Crippen LogP contribution is 2.27. The monoisotopic (exact) mass is 420 g/mol. The summed E-state index contributed by atoms with van der Waals surface area (Å²) in [4.78, 5) is 31.1. The molecule has 0 spiro atoms. The van der Waals surface area contributed by atoms with Gasteiger partial charge in [-0.2, -0.15) is 0 Å². The minimum absolute atomic E-state index is 0.141. The minimum Gasteiger partial charge on any atom is -0.382 e. The lowest BCUT2D eigenvalue weighted by Crippen LogP contribution is -2.50. The molecular formula is C24H28N4O3. The maximum Gasteiger partial charge on any atom is 0.322 e. The van der Waals surface area contributed by atoms with Gasteiger partial charge in [0.2, 0.25) is 0 Å². The molecule has 0 saturated carbocycles. The number of hydrogen-bond acceptors (Lipinski definition) is 5. The third kappa shape index (κ3) is 4.52. The average molecular weight is 421 g/mol. The lowest BCUT2D eigenvalue weighted by molar-refractivity contribution is -0.138. The summed E-state index contributed by atoms with van der Waals surface area (Å²) in [5.74, 6) is -0.175. The van der Waals surface area contributed by atoms with Gasteiger partial charge in [-0.05, 0) is 60.2 Å². The van der Waals surface area contributed by atoms with E-state index in [4.69, 9.17) is 0 Å². The summed E-state index contributed by atoms with van der Waals surface area (Å²) < 4.78 is 0. The summed E-state index contributed by atoms with van der Waals surface area (Å²) >= 11 is 0. The Balaban J connectivity index is 1.38. The van der Waals surface area contributed by atoms with Crippen LogP contribution in [0.3, 0.4) is 0 Å². The van der Waals surface area contributed by atoms with E-state index in [0.717, 1.165) is 28.0 Å². The summed E-state index contributed by atoms with van der Waals surface area (Å²) in [6, 6.07) is 9.06. The number of amides is 2. The highest BCUT2D eigenvalue weighted by Gasteiger charge is 2.35. The Morgan fingerprint density at radius 2 is 1.97 bits per heavy atom. The fourth-order valence-electron chi connectivity index (χ4n) is 4.00. The number of anilines is 1. The van der Waals surface area contributed by atoms with Gasteiger partial charge in [-0.3, -0.25) is 9.78 Å². The van der Waals surface area contributed by atoms with E-state index in [1.165, 1.54) is 0 Å². The number of urea groups is 1. The molecule has 1 aromatic heterocycles. The van der Waals surface area contributed by atoms with Crippen molar-refractivity contribution in [2.45, 2.75) is 51.4 Å². The van der Waals surface area contributed by atoms with Crippen molar-refractivity contribution in [1.82, 2.24) is 15.2 Å². The zero-order valence-corrected chi connectivity index (χ0v) is 17.9. The largest absolute Gasteiger partial charge is 0.382 e. The van der Waals surface area contributed by atoms with Crippen molar-refractivity contribution in [3.8, 4) is 0 Å². The van der Waals surface area contributed by atoms with Gasteiger partial charge >= 0.3 is 6.03 Å². The van der Waals surface area contributed by atoms with Crippen molar-refractivity contribution >= 4 is 23.1 Å². The number of ketones is 1. The number of carbonyl (C=O) groups excluding carboxylic acids is 2. The van der Waals surface area contributed by atoms with Crippen molar-refractivity contribution in [3.05, 3.63) is 65.5 Å². The molecule has 3 heterocycles. The fourth-order valence-corrected chi connectivity index (χ4v) is 4.00. The van der Waals surface area contributed by atoms with E-state index < -0.39 is 11.6 Å². The molecule has 2 aliphatic rings. The van der Waals surface area contributed by atoms with E-state index in [-0.39, 0.29) is 11.8 Å². The van der Waals surface area contributed by atoms with Crippen LogP contribution in [0.2, 0.25) is 0 Å². The second-order valence-electron chi connectivity index (χ2n) is 8.39. The second-order valence-corrected chi connectivity index (χ2v) is 8.39. The number of aromatic nitrogens is 1. The molecule has 0 bridgehead atoms. The minimum atomic E-state index is -1.32. The molecule has 7 heteroatoms. The van der Waals surface area contributed by atoms with E-state index in [2.05, 4.69) is 21.7 Å². The molecule has 3 N–H and O–H groups in total. The number of benzene rings is 1. The van der Waals surface area contributed by atoms with Gasteiger partial charge in [0.15, 0.2) is 5.78 Å². The van der Waals surface area contributed by atoms with E-state index in [0.29, 0.717) is 32.5 Å². The third-order valence-corrected chi connectivity index (χ3v) is 6.19. The normalized spacial score (nSPS) is 19.9. The van der Waals surface area contributed by atoms with Gasteiger partial charge < -0.3 is 20.6 Å². The first-order valence-corrected chi connectivity index (χ1v) is 10.6. The van der Waals surface area contributed by atoms with Crippen LogP contribution < -0.4 is 10.6 Å². The van der Waals surface area contributed by atoms with E-state index >= 15 is 0 Å². The first-order chi connectivity index (χ1) is 14.9. The summed E-state index contributed by atoms with van der Waals surface area (Å²) in [6.07, 6.45) is 6.53. The van der Waals surface area contributed by atoms with Gasteiger partial charge in [-0.15, -0.1) is 0 Å². The summed E-state index contributed by atoms with van der Waals surface area (Å²) in [7, 11) is 0. The molecular weight excluding hydrogens is 392 g/mol. The number of aliphatic hydroxyl groups is 1. The number of pyridine rings is 1. The molecule has 4 rings (SSSR count). The molecule has 31 heavy (non-hydrogen) atoms. The fraction of sp³-hybridized carbons (Fsp3) is 0.375. The zero-order valence-electron chi connectivity index (χ0n) is 17.9. The molecule has 2 aliphatic heterocycles. The summed E-state index contributed by atoms with van der Waals surface area (Å²) in [6.45, 7) is 5.10. The number of nitrogens with zero attached hydrogens (tertiary/aromatic N) is 2. The zero-order chi connectivity index (χ0) is 22.0. The van der Waals surface area contributed by atoms with Crippen LogP contribution in [-0.2, 0) is 17.9 Å². The topological polar surface area (TPSA) is 94.6 Å². The average Bonchev–Trinajstić information content (AvgIpc) is 3.24. The lowest BCUT2D eigenvalue weighted by Gasteiger charge is -2.29. The van der Waals surface area contributed by atoms with Crippen LogP contribution in [0.1, 0.15) is 43.4 Å². The Morgan fingerprint density at radius 1 is 1.23 bits per heavy atom. The highest BCUT2D eigenvalue weighted by molar-refractivity contribution is 5.93. The second kappa shape index (κ2) is 8.61. The van der Waals surface area contributed by atoms with Gasteiger partial charge in [0, 0.05) is 37.7 Å². The van der Waals surface area contributed by atoms with E-state index in [1.54, 1.807) is 18.0 Å². The molecule has 2 amide bonds. The van der Waals surface area contributed by atoms with Crippen molar-refractivity contribution in [2.75, 3.05) is 11.9 Å². The van der Waals surface area contributed by atoms with E-state index in [1.807, 2.05) is 43.5 Å². The number of Topliss-reactive ketones (excluding diaryl/α,β-unsaturated/α-hetero) is 1. The Hall–Kier alpha value is -3.03. The van der Waals surface area contributed by atoms with Crippen LogP contribution in [-0.4, -0.2) is 45.0 Å². The van der Waals surface area contributed by atoms with Crippen LogP contribution in [0.5, 0.6) is 0 Å². The Kier molecular flexibility index (Phi) is 5.89. The van der Waals surface area contributed by atoms with Crippen molar-refractivity contribution in [1.29, 1.82) is 0 Å². The van der Waals surface area contributed by atoms with Crippen molar-refractivity contribution in [2.24, 2.45) is 0 Å². The quantitative estimate of drug-likeness (QED) is 0.691. The van der Waals surface area contributed by atoms with Gasteiger partial charge in [-0.25, -0.2) is 4.79 Å². The summed E-state index contributed by atoms with van der Waals surface area (Å²) in [5.41, 5.74) is 3.68. The van der Waals surface area contributed by atoms with Crippen molar-refractivity contribution in [3.63, 3.8) is 0 Å². The smallest absolute Gasteiger partial charge is 0.322 e. The molecule has 2 atom stereocenters.